The van der Waals surface area contributed by atoms with E-state index in [1.165, 1.54) is 16.7 Å². The third-order valence-electron chi connectivity index (χ3n) is 3.37. The molecule has 0 bridgehead atoms. The van der Waals surface area contributed by atoms with E-state index < -0.39 is 0 Å². The molecule has 1 aromatic rings. The number of aryl methyl sites for hydroxylation is 1. The zero-order chi connectivity index (χ0) is 13.5. The first-order valence-electron chi connectivity index (χ1n) is 7.06. The van der Waals surface area contributed by atoms with Crippen LogP contribution in [0.2, 0.25) is 0 Å². The van der Waals surface area contributed by atoms with Crippen molar-refractivity contribution in [2.24, 2.45) is 5.73 Å². The highest BCUT2D eigenvalue weighted by Crippen LogP contribution is 2.18. The molecule has 3 N–H and O–H groups in total. The Labute approximate surface area is 112 Å². The van der Waals surface area contributed by atoms with Gasteiger partial charge in [0.15, 0.2) is 0 Å². The van der Waals surface area contributed by atoms with Gasteiger partial charge in [-0.1, -0.05) is 32.0 Å². The Kier molecular flexibility index (Phi) is 6.37. The number of rotatable bonds is 7. The lowest BCUT2D eigenvalue weighted by Crippen LogP contribution is -2.20. The largest absolute Gasteiger partial charge is 0.328 e. The monoisotopic (exact) mass is 248 g/mol. The van der Waals surface area contributed by atoms with Crippen molar-refractivity contribution in [2.75, 3.05) is 6.54 Å². The second-order valence-corrected chi connectivity index (χ2v) is 5.64. The molecule has 1 rings (SSSR count). The van der Waals surface area contributed by atoms with Crippen LogP contribution in [0.5, 0.6) is 0 Å². The molecule has 0 heterocycles. The average Bonchev–Trinajstić information content (AvgIpc) is 2.30. The lowest BCUT2D eigenvalue weighted by molar-refractivity contribution is 0.574. The van der Waals surface area contributed by atoms with Crippen molar-refractivity contribution in [1.29, 1.82) is 0 Å². The van der Waals surface area contributed by atoms with E-state index in [0.717, 1.165) is 25.9 Å². The van der Waals surface area contributed by atoms with Crippen LogP contribution in [0.25, 0.3) is 0 Å². The summed E-state index contributed by atoms with van der Waals surface area (Å²) in [5.41, 5.74) is 9.95. The Morgan fingerprint density at radius 3 is 2.56 bits per heavy atom. The zero-order valence-corrected chi connectivity index (χ0v) is 12.3. The molecule has 0 aliphatic carbocycles. The molecule has 1 atom stereocenters. The Morgan fingerprint density at radius 2 is 1.94 bits per heavy atom. The topological polar surface area (TPSA) is 38.0 Å². The first-order chi connectivity index (χ1) is 8.50. The predicted molar refractivity (Wildman–Crippen MR) is 79.9 cm³/mol. The van der Waals surface area contributed by atoms with Gasteiger partial charge in [0.1, 0.15) is 0 Å². The quantitative estimate of drug-likeness (QED) is 0.726. The normalized spacial score (nSPS) is 13.0. The van der Waals surface area contributed by atoms with E-state index in [2.05, 4.69) is 51.2 Å². The smallest absolute Gasteiger partial charge is 0.0208 e. The van der Waals surface area contributed by atoms with E-state index in [4.69, 9.17) is 5.73 Å². The molecule has 0 aliphatic rings. The average molecular weight is 248 g/mol. The summed E-state index contributed by atoms with van der Waals surface area (Å²) in [6, 6.07) is 7.12. The van der Waals surface area contributed by atoms with E-state index in [9.17, 15) is 0 Å². The molecule has 0 aliphatic heterocycles. The lowest BCUT2D eigenvalue weighted by Gasteiger charge is -2.12. The van der Waals surface area contributed by atoms with Gasteiger partial charge in [-0.25, -0.2) is 0 Å². The molecule has 1 unspecified atom stereocenters. The number of nitrogens with one attached hydrogen (secondary N) is 1. The van der Waals surface area contributed by atoms with Crippen molar-refractivity contribution in [3.05, 3.63) is 34.9 Å². The van der Waals surface area contributed by atoms with Crippen LogP contribution in [-0.4, -0.2) is 12.6 Å². The zero-order valence-electron chi connectivity index (χ0n) is 12.3. The van der Waals surface area contributed by atoms with Crippen molar-refractivity contribution >= 4 is 0 Å². The molecule has 2 nitrogen and oxygen atoms in total. The summed E-state index contributed by atoms with van der Waals surface area (Å²) in [7, 11) is 0. The van der Waals surface area contributed by atoms with E-state index in [-0.39, 0.29) is 0 Å². The Balaban J connectivity index is 2.43. The molecule has 0 radical (unpaired) electrons. The molecular formula is C16H28N2. The fourth-order valence-corrected chi connectivity index (χ4v) is 2.01. The second-order valence-electron chi connectivity index (χ2n) is 5.64. The summed E-state index contributed by atoms with van der Waals surface area (Å²) >= 11 is 0. The molecule has 0 amide bonds. The molecule has 102 valence electrons. The summed E-state index contributed by atoms with van der Waals surface area (Å²) in [5, 5.41) is 3.51. The van der Waals surface area contributed by atoms with Gasteiger partial charge in [0.25, 0.3) is 0 Å². The number of nitrogens with two attached hydrogens (primary N) is 1. The van der Waals surface area contributed by atoms with Gasteiger partial charge in [-0.15, -0.1) is 0 Å². The summed E-state index contributed by atoms with van der Waals surface area (Å²) in [6.45, 7) is 10.7. The molecule has 0 saturated carbocycles. The van der Waals surface area contributed by atoms with Gasteiger partial charge in [-0.3, -0.25) is 0 Å². The van der Waals surface area contributed by atoms with Gasteiger partial charge >= 0.3 is 0 Å². The van der Waals surface area contributed by atoms with E-state index in [0.29, 0.717) is 12.0 Å². The molecule has 0 saturated heterocycles. The highest BCUT2D eigenvalue weighted by Gasteiger charge is 2.03. The number of hydrogen-bond acceptors (Lipinski definition) is 2. The minimum absolute atomic E-state index is 0.317. The van der Waals surface area contributed by atoms with Crippen LogP contribution in [-0.2, 0) is 6.54 Å². The van der Waals surface area contributed by atoms with Gasteiger partial charge in [0.05, 0.1) is 0 Å². The number of benzene rings is 1. The Morgan fingerprint density at radius 1 is 1.22 bits per heavy atom. The van der Waals surface area contributed by atoms with Crippen LogP contribution in [0, 0.1) is 6.92 Å². The molecule has 1 aromatic carbocycles. The first-order valence-corrected chi connectivity index (χ1v) is 7.06. The van der Waals surface area contributed by atoms with Crippen molar-refractivity contribution in [1.82, 2.24) is 5.32 Å². The minimum atomic E-state index is 0.317. The van der Waals surface area contributed by atoms with Crippen LogP contribution in [0.3, 0.4) is 0 Å². The molecule has 0 spiro atoms. The third kappa shape index (κ3) is 5.19. The number of hydrogen-bond donors (Lipinski definition) is 2. The van der Waals surface area contributed by atoms with E-state index in [1.54, 1.807) is 0 Å². The summed E-state index contributed by atoms with van der Waals surface area (Å²) in [5.74, 6) is 0.599. The lowest BCUT2D eigenvalue weighted by atomic mass is 9.98. The van der Waals surface area contributed by atoms with Crippen LogP contribution in [0.4, 0.5) is 0 Å². The molecule has 0 fully saturated rings. The van der Waals surface area contributed by atoms with Crippen LogP contribution >= 0.6 is 0 Å². The third-order valence-corrected chi connectivity index (χ3v) is 3.37. The van der Waals surface area contributed by atoms with Crippen LogP contribution < -0.4 is 11.1 Å². The summed E-state index contributed by atoms with van der Waals surface area (Å²) in [6.07, 6.45) is 2.25. The maximum atomic E-state index is 5.74. The second kappa shape index (κ2) is 7.55. The fraction of sp³-hybridized carbons (Fsp3) is 0.625. The highest BCUT2D eigenvalue weighted by molar-refractivity contribution is 5.32. The fourth-order valence-electron chi connectivity index (χ4n) is 2.01. The SMILES string of the molecule is Cc1ccc(C(C)C)cc1CNCCCC(C)N. The first kappa shape index (κ1) is 15.2. The molecule has 2 heteroatoms. The van der Waals surface area contributed by atoms with Gasteiger partial charge < -0.3 is 11.1 Å². The van der Waals surface area contributed by atoms with Gasteiger partial charge in [-0.05, 0) is 55.8 Å². The summed E-state index contributed by atoms with van der Waals surface area (Å²) in [4.78, 5) is 0. The Bertz CT molecular complexity index is 356. The van der Waals surface area contributed by atoms with Crippen molar-refractivity contribution in [3.63, 3.8) is 0 Å². The van der Waals surface area contributed by atoms with Gasteiger partial charge in [0, 0.05) is 12.6 Å². The minimum Gasteiger partial charge on any atom is -0.328 e. The maximum Gasteiger partial charge on any atom is 0.0208 e. The predicted octanol–water partition coefficient (Wildman–Crippen LogP) is 3.34. The van der Waals surface area contributed by atoms with Crippen LogP contribution in [0.15, 0.2) is 18.2 Å². The van der Waals surface area contributed by atoms with Crippen molar-refractivity contribution < 1.29 is 0 Å². The van der Waals surface area contributed by atoms with E-state index >= 15 is 0 Å². The molecule has 18 heavy (non-hydrogen) atoms. The van der Waals surface area contributed by atoms with E-state index in [1.807, 2.05) is 0 Å². The molecule has 0 aromatic heterocycles. The standard InChI is InChI=1S/C16H28N2/c1-12(2)15-8-7-13(3)16(10-15)11-18-9-5-6-14(4)17/h7-8,10,12,14,18H,5-6,9,11,17H2,1-4H3. The summed E-state index contributed by atoms with van der Waals surface area (Å²) < 4.78 is 0. The maximum absolute atomic E-state index is 5.74. The highest BCUT2D eigenvalue weighted by atomic mass is 14.8. The van der Waals surface area contributed by atoms with Crippen molar-refractivity contribution in [3.8, 4) is 0 Å². The van der Waals surface area contributed by atoms with Crippen molar-refractivity contribution in [2.45, 2.75) is 59.0 Å². The van der Waals surface area contributed by atoms with Gasteiger partial charge in [0.2, 0.25) is 0 Å². The van der Waals surface area contributed by atoms with Crippen LogP contribution in [0.1, 0.15) is 56.2 Å². The Hall–Kier alpha value is -0.860. The molecular weight excluding hydrogens is 220 g/mol. The van der Waals surface area contributed by atoms with Gasteiger partial charge in [-0.2, -0.15) is 0 Å².